The van der Waals surface area contributed by atoms with Crippen LogP contribution in [0.2, 0.25) is 0 Å². The van der Waals surface area contributed by atoms with E-state index in [1.165, 1.54) is 0 Å². The lowest BCUT2D eigenvalue weighted by molar-refractivity contribution is 0.298. The van der Waals surface area contributed by atoms with Gasteiger partial charge in [-0.05, 0) is 12.0 Å². The Kier molecular flexibility index (Phi) is 4.32. The summed E-state index contributed by atoms with van der Waals surface area (Å²) in [5.74, 6) is 0.448. The highest BCUT2D eigenvalue weighted by molar-refractivity contribution is 5.85. The fourth-order valence-electron chi connectivity index (χ4n) is 2.43. The van der Waals surface area contributed by atoms with Crippen LogP contribution in [0.4, 0.5) is 5.69 Å². The normalized spacial score (nSPS) is 11.0. The molecule has 0 aliphatic rings. The quantitative estimate of drug-likeness (QED) is 0.685. The van der Waals surface area contributed by atoms with Crippen LogP contribution in [0.3, 0.4) is 0 Å². The minimum absolute atomic E-state index is 0.228. The number of aromatic amines is 1. The monoisotopic (exact) mass is 312 g/mol. The van der Waals surface area contributed by atoms with Gasteiger partial charge in [0.05, 0.1) is 18.8 Å². The average Bonchev–Trinajstić information content (AvgIpc) is 2.86. The summed E-state index contributed by atoms with van der Waals surface area (Å²) in [6, 6.07) is 11.4. The Hall–Kier alpha value is -2.76. The molecule has 3 N–H and O–H groups in total. The van der Waals surface area contributed by atoms with E-state index in [4.69, 9.17) is 10.5 Å². The van der Waals surface area contributed by atoms with Gasteiger partial charge in [0.2, 0.25) is 5.88 Å². The van der Waals surface area contributed by atoms with Crippen molar-refractivity contribution in [3.05, 3.63) is 52.4 Å². The van der Waals surface area contributed by atoms with Crippen LogP contribution in [-0.2, 0) is 6.54 Å². The van der Waals surface area contributed by atoms with E-state index < -0.39 is 0 Å². The molecule has 2 aromatic heterocycles. The number of unbranched alkanes of at least 4 members (excludes halogenated alkanes) is 1. The summed E-state index contributed by atoms with van der Waals surface area (Å²) in [6.45, 7) is 3.12. The summed E-state index contributed by atoms with van der Waals surface area (Å²) in [5.41, 5.74) is 8.36. The molecule has 0 fully saturated rings. The molecule has 0 spiro atoms. The second-order valence-electron chi connectivity index (χ2n) is 5.45. The molecule has 3 aromatic rings. The lowest BCUT2D eigenvalue weighted by Gasteiger charge is -2.07. The number of ether oxygens (including phenoxy) is 1. The first-order chi connectivity index (χ1) is 11.2. The Balaban J connectivity index is 2.00. The Morgan fingerprint density at radius 1 is 1.30 bits per heavy atom. The predicted octanol–water partition coefficient (Wildman–Crippen LogP) is 2.53. The number of hydrogen-bond donors (Lipinski definition) is 2. The summed E-state index contributed by atoms with van der Waals surface area (Å²) in [6.07, 6.45) is 1.99. The summed E-state index contributed by atoms with van der Waals surface area (Å²) in [7, 11) is 0. The summed E-state index contributed by atoms with van der Waals surface area (Å²) >= 11 is 0. The molecule has 0 atom stereocenters. The zero-order valence-electron chi connectivity index (χ0n) is 13.1. The third kappa shape index (κ3) is 3.21. The van der Waals surface area contributed by atoms with Crippen LogP contribution in [-0.4, -0.2) is 21.1 Å². The molecule has 0 aliphatic heterocycles. The van der Waals surface area contributed by atoms with Gasteiger partial charge in [0, 0.05) is 6.07 Å². The lowest BCUT2D eigenvalue weighted by Crippen LogP contribution is -2.17. The van der Waals surface area contributed by atoms with Crippen LogP contribution in [0, 0.1) is 0 Å². The fraction of sp³-hybridized carbons (Fsp3) is 0.294. The van der Waals surface area contributed by atoms with Crippen LogP contribution in [0.5, 0.6) is 5.88 Å². The van der Waals surface area contributed by atoms with E-state index in [-0.39, 0.29) is 5.69 Å². The largest absolute Gasteiger partial charge is 0.478 e. The Morgan fingerprint density at radius 3 is 2.83 bits per heavy atom. The predicted molar refractivity (Wildman–Crippen MR) is 90.7 cm³/mol. The van der Waals surface area contributed by atoms with Gasteiger partial charge in [0.25, 0.3) is 0 Å². The molecule has 120 valence electrons. The molecule has 6 heteroatoms. The molecule has 0 amide bonds. The Labute approximate surface area is 133 Å². The van der Waals surface area contributed by atoms with E-state index in [0.29, 0.717) is 35.9 Å². The molecule has 2 heterocycles. The highest BCUT2D eigenvalue weighted by atomic mass is 16.5. The zero-order chi connectivity index (χ0) is 16.2. The van der Waals surface area contributed by atoms with Crippen LogP contribution in [0.15, 0.2) is 41.2 Å². The Bertz CT molecular complexity index is 852. The minimum Gasteiger partial charge on any atom is -0.478 e. The Morgan fingerprint density at radius 2 is 2.09 bits per heavy atom. The van der Waals surface area contributed by atoms with E-state index in [1.807, 2.05) is 30.3 Å². The number of pyridine rings is 1. The molecular weight excluding hydrogens is 292 g/mol. The first-order valence-corrected chi connectivity index (χ1v) is 7.74. The number of nitrogen functional groups attached to an aromatic ring is 1. The van der Waals surface area contributed by atoms with Crippen molar-refractivity contribution >= 4 is 16.9 Å². The maximum absolute atomic E-state index is 12.2. The van der Waals surface area contributed by atoms with Gasteiger partial charge in [0.1, 0.15) is 5.52 Å². The molecule has 1 aromatic carbocycles. The summed E-state index contributed by atoms with van der Waals surface area (Å²) in [5, 5.41) is 0. The molecule has 0 aliphatic carbocycles. The van der Waals surface area contributed by atoms with Crippen LogP contribution >= 0.6 is 0 Å². The minimum atomic E-state index is -0.228. The highest BCUT2D eigenvalue weighted by Crippen LogP contribution is 2.22. The van der Waals surface area contributed by atoms with Gasteiger partial charge in [-0.25, -0.2) is 4.79 Å². The fourth-order valence-corrected chi connectivity index (χ4v) is 2.43. The van der Waals surface area contributed by atoms with Crippen molar-refractivity contribution < 1.29 is 4.74 Å². The van der Waals surface area contributed by atoms with Crippen molar-refractivity contribution in [3.63, 3.8) is 0 Å². The number of nitrogens with two attached hydrogens (primary N) is 1. The first-order valence-electron chi connectivity index (χ1n) is 7.74. The number of benzene rings is 1. The molecule has 0 radical (unpaired) electrons. The van der Waals surface area contributed by atoms with E-state index in [2.05, 4.69) is 16.9 Å². The van der Waals surface area contributed by atoms with Gasteiger partial charge in [-0.3, -0.25) is 4.57 Å². The van der Waals surface area contributed by atoms with Gasteiger partial charge in [-0.2, -0.15) is 4.98 Å². The molecule has 0 saturated heterocycles. The van der Waals surface area contributed by atoms with Crippen molar-refractivity contribution in [1.82, 2.24) is 14.5 Å². The molecule has 6 nitrogen and oxygen atoms in total. The van der Waals surface area contributed by atoms with Crippen LogP contribution < -0.4 is 16.2 Å². The van der Waals surface area contributed by atoms with E-state index in [1.54, 1.807) is 10.6 Å². The average molecular weight is 312 g/mol. The number of rotatable bonds is 6. The molecule has 0 saturated carbocycles. The molecule has 0 bridgehead atoms. The van der Waals surface area contributed by atoms with Gasteiger partial charge >= 0.3 is 5.69 Å². The zero-order valence-corrected chi connectivity index (χ0v) is 13.1. The van der Waals surface area contributed by atoms with E-state index in [9.17, 15) is 4.79 Å². The van der Waals surface area contributed by atoms with Crippen molar-refractivity contribution in [2.75, 3.05) is 12.3 Å². The molecule has 3 rings (SSSR count). The number of nitrogens with zero attached hydrogens (tertiary/aromatic N) is 2. The standard InChI is InChI=1S/C17H20N4O2/c1-2-3-9-23-14-10-13(18)15-16(19-14)21(17(22)20-15)11-12-7-5-4-6-8-12/h4-8,10H,2-3,9,11H2,1H3,(H2,18,19)(H,20,22). The third-order valence-electron chi connectivity index (χ3n) is 3.67. The number of nitrogens with one attached hydrogen (secondary N) is 1. The maximum atomic E-state index is 12.2. The number of aromatic nitrogens is 3. The van der Waals surface area contributed by atoms with E-state index >= 15 is 0 Å². The van der Waals surface area contributed by atoms with Crippen molar-refractivity contribution in [2.45, 2.75) is 26.3 Å². The second-order valence-corrected chi connectivity index (χ2v) is 5.45. The van der Waals surface area contributed by atoms with Crippen LogP contribution in [0.1, 0.15) is 25.3 Å². The molecule has 0 unspecified atom stereocenters. The summed E-state index contributed by atoms with van der Waals surface area (Å²) < 4.78 is 7.21. The first kappa shape index (κ1) is 15.1. The highest BCUT2D eigenvalue weighted by Gasteiger charge is 2.13. The third-order valence-corrected chi connectivity index (χ3v) is 3.67. The van der Waals surface area contributed by atoms with Crippen molar-refractivity contribution in [1.29, 1.82) is 0 Å². The maximum Gasteiger partial charge on any atom is 0.328 e. The number of hydrogen-bond acceptors (Lipinski definition) is 4. The SMILES string of the molecule is CCCCOc1cc(N)c2[nH]c(=O)n(Cc3ccccc3)c2n1. The smallest absolute Gasteiger partial charge is 0.328 e. The number of H-pyrrole nitrogens is 1. The topological polar surface area (TPSA) is 85.9 Å². The number of fused-ring (bicyclic) bond motifs is 1. The van der Waals surface area contributed by atoms with Gasteiger partial charge in [-0.15, -0.1) is 0 Å². The van der Waals surface area contributed by atoms with Crippen molar-refractivity contribution in [3.8, 4) is 5.88 Å². The number of anilines is 1. The lowest BCUT2D eigenvalue weighted by atomic mass is 10.2. The second kappa shape index (κ2) is 6.56. The van der Waals surface area contributed by atoms with Gasteiger partial charge < -0.3 is 15.5 Å². The number of imidazole rings is 1. The summed E-state index contributed by atoms with van der Waals surface area (Å²) in [4.78, 5) is 19.5. The van der Waals surface area contributed by atoms with Crippen LogP contribution in [0.25, 0.3) is 11.2 Å². The van der Waals surface area contributed by atoms with E-state index in [0.717, 1.165) is 18.4 Å². The van der Waals surface area contributed by atoms with Crippen molar-refractivity contribution in [2.24, 2.45) is 0 Å². The molecule has 23 heavy (non-hydrogen) atoms. The molecular formula is C17H20N4O2. The van der Waals surface area contributed by atoms with Gasteiger partial charge in [0.15, 0.2) is 5.65 Å². The van der Waals surface area contributed by atoms with Gasteiger partial charge in [-0.1, -0.05) is 43.7 Å².